The second kappa shape index (κ2) is 6.28. The molecule has 1 aliphatic carbocycles. The molecule has 0 aliphatic heterocycles. The zero-order valence-electron chi connectivity index (χ0n) is 11.6. The highest BCUT2D eigenvalue weighted by Gasteiger charge is 2.30. The third-order valence-electron chi connectivity index (χ3n) is 3.64. The van der Waals surface area contributed by atoms with E-state index in [2.05, 4.69) is 15.5 Å². The lowest BCUT2D eigenvalue weighted by atomic mass is 10.1. The number of hydrogen-bond donors (Lipinski definition) is 3. The lowest BCUT2D eigenvalue weighted by Crippen LogP contribution is -2.28. The second-order valence-electron chi connectivity index (χ2n) is 5.35. The van der Waals surface area contributed by atoms with Gasteiger partial charge in [-0.3, -0.25) is 9.89 Å². The highest BCUT2D eigenvalue weighted by atomic mass is 35.5. The van der Waals surface area contributed by atoms with Crippen molar-refractivity contribution in [2.45, 2.75) is 24.9 Å². The van der Waals surface area contributed by atoms with Gasteiger partial charge in [-0.1, -0.05) is 35.3 Å². The van der Waals surface area contributed by atoms with Gasteiger partial charge in [0.2, 0.25) is 0 Å². The van der Waals surface area contributed by atoms with Crippen LogP contribution in [0.2, 0.25) is 10.0 Å². The molecule has 0 bridgehead atoms. The van der Waals surface area contributed by atoms with Crippen LogP contribution in [0, 0.1) is 0 Å². The Balaban J connectivity index is 1.61. The van der Waals surface area contributed by atoms with Crippen LogP contribution < -0.4 is 5.32 Å². The summed E-state index contributed by atoms with van der Waals surface area (Å²) in [4.78, 5) is 12.1. The van der Waals surface area contributed by atoms with Crippen LogP contribution in [-0.2, 0) is 0 Å². The Kier molecular flexibility index (Phi) is 4.38. The minimum Gasteiger partial charge on any atom is -0.387 e. The molecule has 7 heteroatoms. The fourth-order valence-electron chi connectivity index (χ4n) is 2.21. The number of aromatic nitrogens is 2. The molecule has 1 aromatic carbocycles. The van der Waals surface area contributed by atoms with Crippen molar-refractivity contribution in [1.82, 2.24) is 15.5 Å². The van der Waals surface area contributed by atoms with E-state index in [1.165, 1.54) is 0 Å². The third-order valence-corrected chi connectivity index (χ3v) is 4.28. The molecule has 0 radical (unpaired) electrons. The molecule has 3 rings (SSSR count). The van der Waals surface area contributed by atoms with E-state index < -0.39 is 12.0 Å². The summed E-state index contributed by atoms with van der Waals surface area (Å²) in [6.45, 7) is 0.0718. The van der Waals surface area contributed by atoms with Gasteiger partial charge in [-0.05, 0) is 30.5 Å². The maximum Gasteiger partial charge on any atom is 0.273 e. The van der Waals surface area contributed by atoms with Crippen molar-refractivity contribution in [1.29, 1.82) is 0 Å². The van der Waals surface area contributed by atoms with Crippen LogP contribution in [0.5, 0.6) is 0 Å². The number of amides is 1. The highest BCUT2D eigenvalue weighted by Crippen LogP contribution is 2.42. The Morgan fingerprint density at radius 1 is 1.36 bits per heavy atom. The molecule has 1 amide bonds. The van der Waals surface area contributed by atoms with Crippen LogP contribution in [0.4, 0.5) is 0 Å². The van der Waals surface area contributed by atoms with Crippen molar-refractivity contribution in [2.75, 3.05) is 6.54 Å². The Morgan fingerprint density at radius 2 is 2.05 bits per heavy atom. The first kappa shape index (κ1) is 15.3. The number of benzene rings is 1. The zero-order chi connectivity index (χ0) is 15.7. The van der Waals surface area contributed by atoms with Crippen molar-refractivity contribution < 1.29 is 9.90 Å². The van der Waals surface area contributed by atoms with Crippen molar-refractivity contribution in [3.8, 4) is 0 Å². The van der Waals surface area contributed by atoms with Crippen LogP contribution in [0.1, 0.15) is 46.6 Å². The second-order valence-corrected chi connectivity index (χ2v) is 6.17. The molecular weight excluding hydrogens is 325 g/mol. The molecule has 1 aliphatic rings. The number of nitrogens with zero attached hydrogens (tertiary/aromatic N) is 1. The molecule has 1 heterocycles. The van der Waals surface area contributed by atoms with Gasteiger partial charge in [0.25, 0.3) is 5.91 Å². The van der Waals surface area contributed by atoms with Crippen molar-refractivity contribution in [3.63, 3.8) is 0 Å². The molecule has 2 aromatic rings. The predicted molar refractivity (Wildman–Crippen MR) is 84.3 cm³/mol. The number of aliphatic hydroxyl groups excluding tert-OH is 1. The lowest BCUT2D eigenvalue weighted by Gasteiger charge is -2.11. The fraction of sp³-hybridized carbons (Fsp3) is 0.333. The number of rotatable bonds is 5. The standard InChI is InChI=1S/C15H15Cl2N3O2/c16-10-5-3-8(4-6-10)11(21)7-18-15(22)14-12(17)13(19-20-14)9-1-2-9/h3-6,9,11,21H,1-2,7H2,(H,18,22)(H,19,20). The fourth-order valence-corrected chi connectivity index (χ4v) is 2.66. The van der Waals surface area contributed by atoms with Gasteiger partial charge < -0.3 is 10.4 Å². The molecule has 22 heavy (non-hydrogen) atoms. The van der Waals surface area contributed by atoms with Gasteiger partial charge in [0.1, 0.15) is 0 Å². The van der Waals surface area contributed by atoms with E-state index in [0.29, 0.717) is 21.5 Å². The lowest BCUT2D eigenvalue weighted by molar-refractivity contribution is 0.0911. The Hall–Kier alpha value is -1.56. The molecule has 1 atom stereocenters. The Morgan fingerprint density at radius 3 is 2.68 bits per heavy atom. The zero-order valence-corrected chi connectivity index (χ0v) is 13.2. The molecule has 1 aromatic heterocycles. The largest absolute Gasteiger partial charge is 0.387 e. The van der Waals surface area contributed by atoms with E-state index in [-0.39, 0.29) is 12.2 Å². The molecule has 1 unspecified atom stereocenters. The molecule has 1 fully saturated rings. The number of aromatic amines is 1. The van der Waals surface area contributed by atoms with Crippen LogP contribution >= 0.6 is 23.2 Å². The van der Waals surface area contributed by atoms with Gasteiger partial charge in [0, 0.05) is 17.5 Å². The summed E-state index contributed by atoms with van der Waals surface area (Å²) in [5.74, 6) is -0.0117. The Labute approximate surface area is 137 Å². The molecule has 116 valence electrons. The maximum absolute atomic E-state index is 12.1. The predicted octanol–water partition coefficient (Wildman–Crippen LogP) is 3.06. The highest BCUT2D eigenvalue weighted by molar-refractivity contribution is 6.34. The third kappa shape index (κ3) is 3.27. The molecule has 3 N–H and O–H groups in total. The van der Waals surface area contributed by atoms with Crippen molar-refractivity contribution in [2.24, 2.45) is 0 Å². The number of hydrogen-bond acceptors (Lipinski definition) is 3. The number of halogens is 2. The summed E-state index contributed by atoms with van der Waals surface area (Å²) in [5.41, 5.74) is 1.67. The molecule has 0 spiro atoms. The number of H-pyrrole nitrogens is 1. The van der Waals surface area contributed by atoms with Crippen LogP contribution in [0.3, 0.4) is 0 Å². The van der Waals surface area contributed by atoms with Crippen molar-refractivity contribution in [3.05, 3.63) is 51.3 Å². The van der Waals surface area contributed by atoms with Crippen LogP contribution in [0.25, 0.3) is 0 Å². The topological polar surface area (TPSA) is 78.0 Å². The summed E-state index contributed by atoms with van der Waals surface area (Å²) in [5, 5.41) is 20.5. The quantitative estimate of drug-likeness (QED) is 0.783. The first-order chi connectivity index (χ1) is 10.6. The number of carbonyl (C=O) groups is 1. The summed E-state index contributed by atoms with van der Waals surface area (Å²) < 4.78 is 0. The number of carbonyl (C=O) groups excluding carboxylic acids is 1. The van der Waals surface area contributed by atoms with Gasteiger partial charge in [-0.2, -0.15) is 5.10 Å². The van der Waals surface area contributed by atoms with Crippen molar-refractivity contribution >= 4 is 29.1 Å². The van der Waals surface area contributed by atoms with Gasteiger partial charge >= 0.3 is 0 Å². The molecule has 5 nitrogen and oxygen atoms in total. The molecular formula is C15H15Cl2N3O2. The van der Waals surface area contributed by atoms with Gasteiger partial charge in [-0.15, -0.1) is 0 Å². The van der Waals surface area contributed by atoms with Gasteiger partial charge in [0.15, 0.2) is 5.69 Å². The maximum atomic E-state index is 12.1. The first-order valence-corrected chi connectivity index (χ1v) is 7.77. The minimum atomic E-state index is -0.818. The average Bonchev–Trinajstić information content (AvgIpc) is 3.28. The smallest absolute Gasteiger partial charge is 0.273 e. The summed E-state index contributed by atoms with van der Waals surface area (Å²) in [6, 6.07) is 6.81. The van der Waals surface area contributed by atoms with E-state index in [9.17, 15) is 9.90 Å². The van der Waals surface area contributed by atoms with E-state index in [1.807, 2.05) is 0 Å². The van der Waals surface area contributed by atoms with Crippen LogP contribution in [0.15, 0.2) is 24.3 Å². The van der Waals surface area contributed by atoms with E-state index in [1.54, 1.807) is 24.3 Å². The first-order valence-electron chi connectivity index (χ1n) is 7.01. The van der Waals surface area contributed by atoms with Crippen LogP contribution in [-0.4, -0.2) is 27.8 Å². The number of aliphatic hydroxyl groups is 1. The average molecular weight is 340 g/mol. The monoisotopic (exact) mass is 339 g/mol. The molecule has 0 saturated heterocycles. The van der Waals surface area contributed by atoms with E-state index in [0.717, 1.165) is 18.5 Å². The van der Waals surface area contributed by atoms with E-state index in [4.69, 9.17) is 23.2 Å². The molecule has 1 saturated carbocycles. The summed E-state index contributed by atoms with van der Waals surface area (Å²) in [6.07, 6.45) is 1.32. The SMILES string of the molecule is O=C(NCC(O)c1ccc(Cl)cc1)c1n[nH]c(C2CC2)c1Cl. The summed E-state index contributed by atoms with van der Waals surface area (Å²) >= 11 is 12.0. The summed E-state index contributed by atoms with van der Waals surface area (Å²) in [7, 11) is 0. The van der Waals surface area contributed by atoms with Gasteiger partial charge in [-0.25, -0.2) is 0 Å². The van der Waals surface area contributed by atoms with Gasteiger partial charge in [0.05, 0.1) is 16.8 Å². The Bertz CT molecular complexity index is 681. The normalized spacial score (nSPS) is 15.6. The van der Waals surface area contributed by atoms with E-state index >= 15 is 0 Å². The minimum absolute atomic E-state index is 0.0718. The number of nitrogens with one attached hydrogen (secondary N) is 2.